The van der Waals surface area contributed by atoms with E-state index in [0.29, 0.717) is 28.6 Å². The van der Waals surface area contributed by atoms with Crippen LogP contribution in [-0.4, -0.2) is 11.0 Å². The summed E-state index contributed by atoms with van der Waals surface area (Å²) in [5.74, 6) is -0.127. The second-order valence-electron chi connectivity index (χ2n) is 3.89. The van der Waals surface area contributed by atoms with Crippen LogP contribution in [0, 0.1) is 0 Å². The van der Waals surface area contributed by atoms with Crippen molar-refractivity contribution in [3.63, 3.8) is 0 Å². The number of benzene rings is 1. The predicted molar refractivity (Wildman–Crippen MR) is 69.8 cm³/mol. The van der Waals surface area contributed by atoms with Crippen LogP contribution >= 0.6 is 0 Å². The fourth-order valence-corrected chi connectivity index (χ4v) is 1.84. The van der Waals surface area contributed by atoms with E-state index in [1.807, 2.05) is 12.1 Å². The number of pyridine rings is 1. The molecule has 1 aromatic heterocycles. The monoisotopic (exact) mass is 243 g/mol. The number of hydrogen-bond donors (Lipinski definition) is 1. The molecule has 92 valence electrons. The zero-order valence-electron chi connectivity index (χ0n) is 10.0. The Morgan fingerprint density at radius 1 is 1.44 bits per heavy atom. The van der Waals surface area contributed by atoms with Crippen LogP contribution < -0.4 is 10.3 Å². The highest BCUT2D eigenvalue weighted by molar-refractivity contribution is 5.88. The Labute approximate surface area is 104 Å². The van der Waals surface area contributed by atoms with E-state index in [-0.39, 0.29) is 5.56 Å². The quantitative estimate of drug-likeness (QED) is 0.664. The molecule has 0 saturated heterocycles. The van der Waals surface area contributed by atoms with Crippen LogP contribution in [0.15, 0.2) is 41.7 Å². The molecule has 4 nitrogen and oxygen atoms in total. The fraction of sp³-hybridized carbons (Fsp3) is 0.143. The van der Waals surface area contributed by atoms with Crippen LogP contribution in [0.4, 0.5) is 0 Å². The molecule has 0 bridgehead atoms. The molecular weight excluding hydrogens is 230 g/mol. The average molecular weight is 243 g/mol. The second-order valence-corrected chi connectivity index (χ2v) is 3.89. The predicted octanol–water partition coefficient (Wildman–Crippen LogP) is 2.18. The van der Waals surface area contributed by atoms with Gasteiger partial charge in [-0.05, 0) is 18.6 Å². The number of fused-ring (bicyclic) bond motifs is 1. The van der Waals surface area contributed by atoms with Gasteiger partial charge in [-0.25, -0.2) is 0 Å². The normalized spacial score (nSPS) is 10.3. The lowest BCUT2D eigenvalue weighted by atomic mass is 10.1. The minimum atomic E-state index is -0.448. The lowest BCUT2D eigenvalue weighted by Crippen LogP contribution is -2.16. The van der Waals surface area contributed by atoms with Gasteiger partial charge in [0.05, 0.1) is 11.1 Å². The fourth-order valence-electron chi connectivity index (χ4n) is 1.84. The number of aromatic amines is 1. The van der Waals surface area contributed by atoms with Crippen molar-refractivity contribution in [3.8, 4) is 5.75 Å². The molecule has 2 aromatic rings. The van der Waals surface area contributed by atoms with Gasteiger partial charge in [-0.2, -0.15) is 0 Å². The Hall–Kier alpha value is -2.36. The van der Waals surface area contributed by atoms with Gasteiger partial charge >= 0.3 is 5.97 Å². The number of carbonyl (C=O) groups excluding carboxylic acids is 1. The van der Waals surface area contributed by atoms with Crippen molar-refractivity contribution in [2.75, 3.05) is 0 Å². The SMILES string of the molecule is C=CCc1c(OC(C)=O)c2ccccc2[nH]c1=O. The third-order valence-electron chi connectivity index (χ3n) is 2.56. The van der Waals surface area contributed by atoms with Crippen LogP contribution in [-0.2, 0) is 11.2 Å². The molecule has 4 heteroatoms. The van der Waals surface area contributed by atoms with E-state index < -0.39 is 5.97 Å². The van der Waals surface area contributed by atoms with Gasteiger partial charge < -0.3 is 9.72 Å². The van der Waals surface area contributed by atoms with Crippen molar-refractivity contribution in [2.45, 2.75) is 13.3 Å². The first-order valence-electron chi connectivity index (χ1n) is 5.56. The minimum absolute atomic E-state index is 0.259. The number of rotatable bonds is 3. The molecule has 0 spiro atoms. The topological polar surface area (TPSA) is 59.2 Å². The van der Waals surface area contributed by atoms with E-state index in [4.69, 9.17) is 4.74 Å². The molecule has 0 fully saturated rings. The number of para-hydroxylation sites is 1. The van der Waals surface area contributed by atoms with E-state index in [0.717, 1.165) is 0 Å². The summed E-state index contributed by atoms with van der Waals surface area (Å²) in [6, 6.07) is 7.20. The van der Waals surface area contributed by atoms with Gasteiger partial charge in [0.2, 0.25) is 0 Å². The van der Waals surface area contributed by atoms with Crippen LogP contribution in [0.5, 0.6) is 5.75 Å². The highest BCUT2D eigenvalue weighted by Gasteiger charge is 2.14. The molecule has 18 heavy (non-hydrogen) atoms. The number of esters is 1. The average Bonchev–Trinajstić information content (AvgIpc) is 2.33. The first-order valence-corrected chi connectivity index (χ1v) is 5.56. The van der Waals surface area contributed by atoms with Crippen LogP contribution in [0.2, 0.25) is 0 Å². The van der Waals surface area contributed by atoms with Gasteiger partial charge in [0.1, 0.15) is 5.75 Å². The standard InChI is InChI=1S/C14H13NO3/c1-3-6-11-13(18-9(2)16)10-7-4-5-8-12(10)15-14(11)17/h3-5,7-8H,1,6H2,2H3,(H,15,17). The molecule has 1 heterocycles. The van der Waals surface area contributed by atoms with E-state index >= 15 is 0 Å². The molecule has 1 aromatic carbocycles. The first-order chi connectivity index (χ1) is 8.63. The maximum Gasteiger partial charge on any atom is 0.308 e. The van der Waals surface area contributed by atoms with E-state index in [9.17, 15) is 9.59 Å². The van der Waals surface area contributed by atoms with Gasteiger partial charge in [-0.3, -0.25) is 9.59 Å². The van der Waals surface area contributed by atoms with Crippen molar-refractivity contribution in [3.05, 3.63) is 52.8 Å². The van der Waals surface area contributed by atoms with Crippen molar-refractivity contribution in [1.29, 1.82) is 0 Å². The van der Waals surface area contributed by atoms with E-state index in [1.165, 1.54) is 6.92 Å². The molecule has 0 aliphatic rings. The van der Waals surface area contributed by atoms with Crippen LogP contribution in [0.3, 0.4) is 0 Å². The number of aromatic nitrogens is 1. The molecular formula is C14H13NO3. The Bertz CT molecular complexity index is 670. The van der Waals surface area contributed by atoms with E-state index in [1.54, 1.807) is 18.2 Å². The summed E-state index contributed by atoms with van der Waals surface area (Å²) >= 11 is 0. The largest absolute Gasteiger partial charge is 0.425 e. The Balaban J connectivity index is 2.79. The molecule has 0 atom stereocenters. The Kier molecular flexibility index (Phi) is 3.28. The molecule has 0 amide bonds. The Morgan fingerprint density at radius 3 is 2.83 bits per heavy atom. The number of carbonyl (C=O) groups is 1. The molecule has 0 radical (unpaired) electrons. The van der Waals surface area contributed by atoms with E-state index in [2.05, 4.69) is 11.6 Å². The zero-order valence-corrected chi connectivity index (χ0v) is 10.0. The van der Waals surface area contributed by atoms with Crippen LogP contribution in [0.25, 0.3) is 10.9 Å². The van der Waals surface area contributed by atoms with Gasteiger partial charge in [-0.15, -0.1) is 6.58 Å². The maximum absolute atomic E-state index is 11.9. The second kappa shape index (κ2) is 4.87. The maximum atomic E-state index is 11.9. The molecule has 0 saturated carbocycles. The summed E-state index contributed by atoms with van der Waals surface area (Å²) in [6.07, 6.45) is 1.95. The van der Waals surface area contributed by atoms with Gasteiger partial charge in [-0.1, -0.05) is 18.2 Å². The number of hydrogen-bond acceptors (Lipinski definition) is 3. The first kappa shape index (κ1) is 12.1. The summed E-state index contributed by atoms with van der Waals surface area (Å²) in [5, 5.41) is 0.712. The van der Waals surface area contributed by atoms with Gasteiger partial charge in [0.25, 0.3) is 5.56 Å². The minimum Gasteiger partial charge on any atom is -0.425 e. The number of nitrogens with one attached hydrogen (secondary N) is 1. The third kappa shape index (κ3) is 2.18. The molecule has 2 rings (SSSR count). The van der Waals surface area contributed by atoms with Crippen molar-refractivity contribution >= 4 is 16.9 Å². The van der Waals surface area contributed by atoms with Crippen LogP contribution in [0.1, 0.15) is 12.5 Å². The highest BCUT2D eigenvalue weighted by atomic mass is 16.5. The lowest BCUT2D eigenvalue weighted by molar-refractivity contribution is -0.131. The summed E-state index contributed by atoms with van der Waals surface area (Å²) < 4.78 is 5.19. The summed E-state index contributed by atoms with van der Waals surface area (Å²) in [6.45, 7) is 4.92. The van der Waals surface area contributed by atoms with Gasteiger partial charge in [0.15, 0.2) is 0 Å². The summed E-state index contributed by atoms with van der Waals surface area (Å²) in [7, 11) is 0. The summed E-state index contributed by atoms with van der Waals surface area (Å²) in [5.41, 5.74) is 0.801. The molecule has 0 aliphatic carbocycles. The summed E-state index contributed by atoms with van der Waals surface area (Å²) in [4.78, 5) is 25.9. The van der Waals surface area contributed by atoms with Gasteiger partial charge in [0, 0.05) is 12.3 Å². The molecule has 0 unspecified atom stereocenters. The number of allylic oxidation sites excluding steroid dienone is 1. The van der Waals surface area contributed by atoms with Crippen molar-refractivity contribution < 1.29 is 9.53 Å². The van der Waals surface area contributed by atoms with Crippen molar-refractivity contribution in [1.82, 2.24) is 4.98 Å². The zero-order chi connectivity index (χ0) is 13.1. The Morgan fingerprint density at radius 2 is 2.17 bits per heavy atom. The number of ether oxygens (including phenoxy) is 1. The highest BCUT2D eigenvalue weighted by Crippen LogP contribution is 2.26. The third-order valence-corrected chi connectivity index (χ3v) is 2.56. The van der Waals surface area contributed by atoms with Crippen molar-refractivity contribution in [2.24, 2.45) is 0 Å². The lowest BCUT2D eigenvalue weighted by Gasteiger charge is -2.10. The molecule has 1 N–H and O–H groups in total. The number of H-pyrrole nitrogens is 1. The smallest absolute Gasteiger partial charge is 0.308 e. The molecule has 0 aliphatic heterocycles.